The van der Waals surface area contributed by atoms with Crippen molar-refractivity contribution in [2.45, 2.75) is 38.9 Å². The zero-order valence-corrected chi connectivity index (χ0v) is 14.6. The minimum Gasteiger partial charge on any atom is -0.379 e. The molecule has 1 saturated carbocycles. The molecule has 2 fully saturated rings. The molecular weight excluding hydrogens is 322 g/mol. The van der Waals surface area contributed by atoms with E-state index in [1.165, 1.54) is 18.2 Å². The number of nitro benzene ring substituents is 1. The molecule has 1 N–H and O–H groups in total. The predicted molar refractivity (Wildman–Crippen MR) is 92.1 cm³/mol. The summed E-state index contributed by atoms with van der Waals surface area (Å²) in [6.07, 6.45) is 2.61. The van der Waals surface area contributed by atoms with Crippen LogP contribution >= 0.6 is 0 Å². The van der Waals surface area contributed by atoms with Crippen molar-refractivity contribution in [3.05, 3.63) is 33.9 Å². The van der Waals surface area contributed by atoms with Crippen LogP contribution in [0.1, 0.15) is 38.7 Å². The maximum atomic E-state index is 11.2. The molecule has 1 aromatic rings. The Morgan fingerprint density at radius 1 is 1.36 bits per heavy atom. The Hall–Kier alpha value is -2.17. The minimum absolute atomic E-state index is 0.0179. The molecule has 1 spiro atoms. The van der Waals surface area contributed by atoms with Gasteiger partial charge in [-0.05, 0) is 29.9 Å². The molecule has 2 aliphatic rings. The van der Waals surface area contributed by atoms with Crippen LogP contribution in [-0.4, -0.2) is 30.5 Å². The first-order valence-corrected chi connectivity index (χ1v) is 8.56. The number of rotatable bonds is 4. The van der Waals surface area contributed by atoms with Crippen molar-refractivity contribution < 1.29 is 14.4 Å². The van der Waals surface area contributed by atoms with Gasteiger partial charge < -0.3 is 14.8 Å². The molecule has 0 radical (unpaired) electrons. The highest BCUT2D eigenvalue weighted by Gasteiger charge is 2.48. The van der Waals surface area contributed by atoms with E-state index in [0.717, 1.165) is 19.3 Å². The molecule has 3 rings (SSSR count). The summed E-state index contributed by atoms with van der Waals surface area (Å²) in [7, 11) is 0. The van der Waals surface area contributed by atoms with E-state index in [1.807, 2.05) is 6.07 Å². The van der Waals surface area contributed by atoms with Crippen molar-refractivity contribution >= 4 is 11.4 Å². The molecule has 0 bridgehead atoms. The summed E-state index contributed by atoms with van der Waals surface area (Å²) in [4.78, 5) is 10.8. The van der Waals surface area contributed by atoms with Crippen molar-refractivity contribution in [2.75, 3.05) is 25.1 Å². The van der Waals surface area contributed by atoms with Gasteiger partial charge in [-0.15, -0.1) is 0 Å². The third-order valence-corrected chi connectivity index (χ3v) is 5.49. The molecule has 1 saturated heterocycles. The summed E-state index contributed by atoms with van der Waals surface area (Å²) in [6, 6.07) is 6.39. The van der Waals surface area contributed by atoms with Crippen molar-refractivity contribution in [1.82, 2.24) is 0 Å². The second-order valence-corrected chi connectivity index (χ2v) is 7.48. The van der Waals surface area contributed by atoms with Crippen LogP contribution in [0, 0.1) is 32.8 Å². The lowest BCUT2D eigenvalue weighted by molar-refractivity contribution is -0.384. The molecule has 0 unspecified atom stereocenters. The van der Waals surface area contributed by atoms with Crippen LogP contribution in [0.25, 0.3) is 0 Å². The maximum absolute atomic E-state index is 11.2. The minimum atomic E-state index is -0.498. The van der Waals surface area contributed by atoms with Crippen molar-refractivity contribution in [2.24, 2.45) is 11.3 Å². The Labute approximate surface area is 147 Å². The lowest BCUT2D eigenvalue weighted by Crippen LogP contribution is -2.46. The third-order valence-electron chi connectivity index (χ3n) is 5.49. The van der Waals surface area contributed by atoms with Crippen LogP contribution in [0.5, 0.6) is 0 Å². The van der Waals surface area contributed by atoms with E-state index < -0.39 is 10.7 Å². The first kappa shape index (κ1) is 17.6. The first-order valence-electron chi connectivity index (χ1n) is 8.56. The number of nitrogens with one attached hydrogen (secondary N) is 1. The summed E-state index contributed by atoms with van der Waals surface area (Å²) < 4.78 is 11.7. The van der Waals surface area contributed by atoms with Crippen molar-refractivity contribution in [3.63, 3.8) is 0 Å². The van der Waals surface area contributed by atoms with Gasteiger partial charge in [0.2, 0.25) is 0 Å². The Bertz CT molecular complexity index is 705. The van der Waals surface area contributed by atoms with Gasteiger partial charge in [0.05, 0.1) is 29.8 Å². The van der Waals surface area contributed by atoms with E-state index in [0.29, 0.717) is 31.0 Å². The molecule has 25 heavy (non-hydrogen) atoms. The predicted octanol–water partition coefficient (Wildman–Crippen LogP) is 3.45. The molecule has 7 heteroatoms. The Morgan fingerprint density at radius 3 is 2.72 bits per heavy atom. The third kappa shape index (κ3) is 3.60. The van der Waals surface area contributed by atoms with Gasteiger partial charge in [0.1, 0.15) is 5.69 Å². The van der Waals surface area contributed by atoms with E-state index in [-0.39, 0.29) is 17.0 Å². The number of hydrogen-bond acceptors (Lipinski definition) is 6. The van der Waals surface area contributed by atoms with Crippen LogP contribution in [0.3, 0.4) is 0 Å². The number of hydrogen-bond donors (Lipinski definition) is 1. The van der Waals surface area contributed by atoms with Gasteiger partial charge in [-0.2, -0.15) is 5.26 Å². The largest absolute Gasteiger partial charge is 0.379 e. The topological polar surface area (TPSA) is 97.4 Å². The standard InChI is InChI=1S/C18H23N3O4/c1-17(2)5-6-18(24-7-8-25-18)10-14(17)12-20-15-9-13(11-19)3-4-16(15)21(22)23/h3-4,9,14,20H,5-8,10,12H2,1-2H3/t14-/m0/s1. The number of ether oxygens (including phenoxy) is 2. The number of anilines is 1. The highest BCUT2D eigenvalue weighted by atomic mass is 16.7. The van der Waals surface area contributed by atoms with Gasteiger partial charge in [-0.3, -0.25) is 10.1 Å². The second kappa shape index (κ2) is 6.62. The second-order valence-electron chi connectivity index (χ2n) is 7.48. The number of nitrogens with zero attached hydrogens (tertiary/aromatic N) is 2. The molecular formula is C18H23N3O4. The zero-order chi connectivity index (χ0) is 18.1. The van der Waals surface area contributed by atoms with Crippen LogP contribution in [0.2, 0.25) is 0 Å². The molecule has 134 valence electrons. The summed E-state index contributed by atoms with van der Waals surface area (Å²) in [5.74, 6) is -0.257. The van der Waals surface area contributed by atoms with Crippen LogP contribution < -0.4 is 5.32 Å². The zero-order valence-electron chi connectivity index (χ0n) is 14.6. The molecule has 0 amide bonds. The van der Waals surface area contributed by atoms with E-state index in [9.17, 15) is 10.1 Å². The molecule has 1 heterocycles. The van der Waals surface area contributed by atoms with Crippen LogP contribution in [-0.2, 0) is 9.47 Å². The molecule has 1 aliphatic heterocycles. The van der Waals surface area contributed by atoms with Gasteiger partial charge in [-0.25, -0.2) is 0 Å². The van der Waals surface area contributed by atoms with Gasteiger partial charge >= 0.3 is 0 Å². The maximum Gasteiger partial charge on any atom is 0.292 e. The molecule has 1 aliphatic carbocycles. The highest BCUT2D eigenvalue weighted by molar-refractivity contribution is 5.64. The van der Waals surface area contributed by atoms with E-state index >= 15 is 0 Å². The average Bonchev–Trinajstić information content (AvgIpc) is 3.04. The SMILES string of the molecule is CC1(C)CCC2(C[C@H]1CNc1cc(C#N)ccc1[N+](=O)[O-])OCCO2. The monoisotopic (exact) mass is 345 g/mol. The number of nitro groups is 1. The van der Waals surface area contributed by atoms with E-state index in [4.69, 9.17) is 14.7 Å². The Balaban J connectivity index is 1.77. The Morgan fingerprint density at radius 2 is 2.08 bits per heavy atom. The fraction of sp³-hybridized carbons (Fsp3) is 0.611. The lowest BCUT2D eigenvalue weighted by Gasteiger charge is -2.46. The highest BCUT2D eigenvalue weighted by Crippen LogP contribution is 2.48. The first-order chi connectivity index (χ1) is 11.9. The number of benzene rings is 1. The van der Waals surface area contributed by atoms with Crippen molar-refractivity contribution in [3.8, 4) is 6.07 Å². The van der Waals surface area contributed by atoms with E-state index in [2.05, 4.69) is 19.2 Å². The lowest BCUT2D eigenvalue weighted by atomic mass is 9.66. The Kier molecular flexibility index (Phi) is 4.67. The average molecular weight is 345 g/mol. The van der Waals surface area contributed by atoms with Gasteiger partial charge in [0, 0.05) is 25.5 Å². The molecule has 0 aromatic heterocycles. The van der Waals surface area contributed by atoms with E-state index in [1.54, 1.807) is 0 Å². The van der Waals surface area contributed by atoms with Crippen molar-refractivity contribution in [1.29, 1.82) is 5.26 Å². The summed E-state index contributed by atoms with van der Waals surface area (Å²) in [6.45, 7) is 6.23. The summed E-state index contributed by atoms with van der Waals surface area (Å²) in [5, 5.41) is 23.5. The van der Waals surface area contributed by atoms with Crippen LogP contribution in [0.15, 0.2) is 18.2 Å². The van der Waals surface area contributed by atoms with Gasteiger partial charge in [0.25, 0.3) is 5.69 Å². The molecule has 7 nitrogen and oxygen atoms in total. The van der Waals surface area contributed by atoms with Gasteiger partial charge in [-0.1, -0.05) is 13.8 Å². The fourth-order valence-corrected chi connectivity index (χ4v) is 3.72. The smallest absolute Gasteiger partial charge is 0.292 e. The summed E-state index contributed by atoms with van der Waals surface area (Å²) >= 11 is 0. The normalized spacial score (nSPS) is 24.0. The number of nitriles is 1. The van der Waals surface area contributed by atoms with Crippen LogP contribution in [0.4, 0.5) is 11.4 Å². The van der Waals surface area contributed by atoms with Gasteiger partial charge in [0.15, 0.2) is 5.79 Å². The molecule has 1 aromatic carbocycles. The quantitative estimate of drug-likeness (QED) is 0.663. The summed E-state index contributed by atoms with van der Waals surface area (Å²) in [5.41, 5.74) is 0.841. The fourth-order valence-electron chi connectivity index (χ4n) is 3.72. The molecule has 1 atom stereocenters.